The average Bonchev–Trinajstić information content (AvgIpc) is 3.08. The molecule has 1 atom stereocenters. The van der Waals surface area contributed by atoms with Crippen molar-refractivity contribution >= 4 is 34.1 Å². The van der Waals surface area contributed by atoms with Crippen molar-refractivity contribution in [2.24, 2.45) is 0 Å². The van der Waals surface area contributed by atoms with Gasteiger partial charge in [-0.25, -0.2) is 9.59 Å². The van der Waals surface area contributed by atoms with E-state index in [0.29, 0.717) is 6.87 Å². The molecule has 2 aromatic carbocycles. The number of carboxylic acid groups (broad SMARTS) is 1. The Hall–Kier alpha value is -3.26. The van der Waals surface area contributed by atoms with E-state index in [1.165, 1.54) is 0 Å². The van der Waals surface area contributed by atoms with Crippen LogP contribution in [0.2, 0.25) is 0 Å². The van der Waals surface area contributed by atoms with Crippen LogP contribution in [0.5, 0.6) is 0 Å². The van der Waals surface area contributed by atoms with Gasteiger partial charge in [0.05, 0.1) is 0 Å². The van der Waals surface area contributed by atoms with E-state index in [1.54, 1.807) is 20.8 Å². The number of nitrogens with one attached hydrogen (secondary N) is 1. The van der Waals surface area contributed by atoms with Gasteiger partial charge in [0.15, 0.2) is 0 Å². The summed E-state index contributed by atoms with van der Waals surface area (Å²) in [7, 11) is 1.90. The van der Waals surface area contributed by atoms with Crippen molar-refractivity contribution in [1.82, 2.24) is 10.2 Å². The molecule has 0 spiro atoms. The van der Waals surface area contributed by atoms with Crippen LogP contribution >= 0.6 is 9.12 Å². The Balaban J connectivity index is 0.00000129. The molecule has 9 nitrogen and oxygen atoms in total. The number of hydrogen-bond donors (Lipinski definition) is 2. The molecule has 0 fully saturated rings. The summed E-state index contributed by atoms with van der Waals surface area (Å²) < 4.78 is 19.4. The molecule has 180 valence electrons. The summed E-state index contributed by atoms with van der Waals surface area (Å²) in [6, 6.07) is 15.8. The monoisotopic (exact) mass is 486 g/mol. The quantitative estimate of drug-likeness (QED) is 0.363. The van der Waals surface area contributed by atoms with Crippen molar-refractivity contribution in [3.8, 4) is 11.1 Å². The van der Waals surface area contributed by atoms with Crippen LogP contribution in [0.25, 0.3) is 11.1 Å². The second kappa shape index (κ2) is 12.3. The zero-order chi connectivity index (χ0) is 25.3. The van der Waals surface area contributed by atoms with Gasteiger partial charge in [-0.05, 0) is 43.0 Å². The number of carbonyl (C=O) groups is 3. The Morgan fingerprint density at radius 2 is 1.56 bits per heavy atom. The van der Waals surface area contributed by atoms with Gasteiger partial charge >= 0.3 is 38.8 Å². The Morgan fingerprint density at radius 1 is 1.06 bits per heavy atom. The summed E-state index contributed by atoms with van der Waals surface area (Å²) >= 11 is 0. The molecule has 11 heteroatoms. The maximum absolute atomic E-state index is 12.6. The van der Waals surface area contributed by atoms with Gasteiger partial charge in [-0.2, -0.15) is 0 Å². The van der Waals surface area contributed by atoms with Crippen molar-refractivity contribution < 1.29 is 33.7 Å². The normalized spacial score (nSPS) is 11.6. The van der Waals surface area contributed by atoms with E-state index >= 15 is 0 Å². The second-order valence-corrected chi connectivity index (χ2v) is 8.64. The average molecular weight is 486 g/mol. The van der Waals surface area contributed by atoms with E-state index in [2.05, 4.69) is 5.32 Å². The Bertz CT molecular complexity index is 996. The van der Waals surface area contributed by atoms with Crippen LogP contribution in [0.4, 0.5) is 9.59 Å². The third-order valence-corrected chi connectivity index (χ3v) is 4.73. The predicted molar refractivity (Wildman–Crippen MR) is 130 cm³/mol. The molecule has 2 aromatic rings. The fourth-order valence-electron chi connectivity index (χ4n) is 3.51. The van der Waals surface area contributed by atoms with Gasteiger partial charge in [0, 0.05) is 5.92 Å². The van der Waals surface area contributed by atoms with E-state index in [-0.39, 0.29) is 19.2 Å². The summed E-state index contributed by atoms with van der Waals surface area (Å²) in [6.45, 7) is 4.85. The Kier molecular flexibility index (Phi) is 9.75. The molecule has 0 saturated carbocycles. The molecule has 0 bridgehead atoms. The summed E-state index contributed by atoms with van der Waals surface area (Å²) in [6.07, 6.45) is -1.59. The van der Waals surface area contributed by atoms with Crippen molar-refractivity contribution in [3.63, 3.8) is 0 Å². The van der Waals surface area contributed by atoms with Crippen molar-refractivity contribution in [2.45, 2.75) is 32.3 Å². The molecule has 0 radical (unpaired) electrons. The molecule has 1 unspecified atom stereocenters. The van der Waals surface area contributed by atoms with Crippen molar-refractivity contribution in [1.29, 1.82) is 0 Å². The summed E-state index contributed by atoms with van der Waals surface area (Å²) in [5, 5.41) is 11.5. The number of nitrogens with zero attached hydrogens (tertiary/aromatic N) is 1. The number of amides is 2. The predicted octanol–water partition coefficient (Wildman–Crippen LogP) is 3.63. The topological polar surface area (TPSA) is 122 Å². The molecule has 34 heavy (non-hydrogen) atoms. The zero-order valence-corrected chi connectivity index (χ0v) is 20.5. The summed E-state index contributed by atoms with van der Waals surface area (Å²) in [4.78, 5) is 36.5. The third-order valence-electron chi connectivity index (χ3n) is 4.73. The molecular formula is C23H28BN2O7P. The number of benzene rings is 2. The van der Waals surface area contributed by atoms with Crippen LogP contribution < -0.4 is 5.32 Å². The molecule has 0 saturated heterocycles. The fraction of sp³-hybridized carbons (Fsp3) is 0.348. The molecule has 2 amide bonds. The number of aliphatic carboxylic acids is 1. The zero-order valence-electron chi connectivity index (χ0n) is 19.3. The number of alkyl carbamates (subject to hydrolysis) is 1. The van der Waals surface area contributed by atoms with Crippen LogP contribution in [0.1, 0.15) is 37.8 Å². The Labute approximate surface area is 201 Å². The van der Waals surface area contributed by atoms with Gasteiger partial charge in [0.25, 0.3) is 0 Å². The molecule has 2 N–H and O–H groups in total. The number of fused-ring (bicyclic) bond motifs is 3. The first kappa shape index (κ1) is 27.0. The van der Waals surface area contributed by atoms with Crippen LogP contribution in [0.15, 0.2) is 48.5 Å². The first-order valence-electron chi connectivity index (χ1n) is 10.5. The van der Waals surface area contributed by atoms with Gasteiger partial charge < -0.3 is 19.9 Å². The number of rotatable bonds is 6. The van der Waals surface area contributed by atoms with E-state index in [0.717, 1.165) is 27.2 Å². The van der Waals surface area contributed by atoms with Gasteiger partial charge in [0.1, 0.15) is 25.4 Å². The van der Waals surface area contributed by atoms with E-state index in [4.69, 9.17) is 19.3 Å². The maximum atomic E-state index is 12.6. The van der Waals surface area contributed by atoms with Crippen molar-refractivity contribution in [2.75, 3.05) is 19.8 Å². The van der Waals surface area contributed by atoms with Gasteiger partial charge in [0.2, 0.25) is 0 Å². The van der Waals surface area contributed by atoms with Gasteiger partial charge in [-0.15, -0.1) is 0 Å². The fourth-order valence-corrected chi connectivity index (χ4v) is 3.51. The number of carbonyl (C=O) groups excluding carboxylic acids is 2. The summed E-state index contributed by atoms with van der Waals surface area (Å²) in [5.41, 5.74) is 3.56. The molecule has 3 rings (SSSR count). The number of hydrogen-bond acceptors (Lipinski definition) is 6. The number of ether oxygens (including phenoxy) is 2. The second-order valence-electron chi connectivity index (χ2n) is 8.37. The minimum atomic E-state index is -1.22. The van der Waals surface area contributed by atoms with E-state index in [1.807, 2.05) is 57.6 Å². The first-order valence-corrected chi connectivity index (χ1v) is 11.2. The molecule has 0 heterocycles. The summed E-state index contributed by atoms with van der Waals surface area (Å²) in [5.74, 6) is -1.37. The van der Waals surface area contributed by atoms with Gasteiger partial charge in [-0.3, -0.25) is 9.69 Å². The van der Waals surface area contributed by atoms with Crippen LogP contribution in [-0.4, -0.2) is 60.5 Å². The molecule has 1 aliphatic rings. The molecule has 0 aliphatic heterocycles. The Morgan fingerprint density at radius 3 is 2.03 bits per heavy atom. The third kappa shape index (κ3) is 7.66. The van der Waals surface area contributed by atoms with Crippen molar-refractivity contribution in [3.05, 3.63) is 59.7 Å². The number of carboxylic acids is 1. The van der Waals surface area contributed by atoms with E-state index in [9.17, 15) is 14.4 Å². The van der Waals surface area contributed by atoms with Crippen LogP contribution in [-0.2, 0) is 19.0 Å². The minimum absolute atomic E-state index is 0.0510. The first-order chi connectivity index (χ1) is 16.1. The molecular weight excluding hydrogens is 458 g/mol. The standard InChI is InChI=1S/C23H26N2O6.BH2OP/c1-23(2,3)31-21(28)24-14-25(12-20(26)27)22(29)30-13-19-17-10-6-4-8-15(17)16-9-5-7-11-18(16)19;2-1-3/h4-11,19H,12-14H2,1-3H3,(H,24,28)(H,26,27);3H2. The van der Waals surface area contributed by atoms with Crippen LogP contribution in [0.3, 0.4) is 0 Å². The SMILES string of the molecule is CC(C)(C)OC(=O)NCN(CC(=O)O)C(=O)OCC1c2ccccc2-c2ccccc21.O=BP. The van der Waals surface area contributed by atoms with Crippen LogP contribution in [0, 0.1) is 0 Å². The molecule has 1 aliphatic carbocycles. The van der Waals surface area contributed by atoms with E-state index < -0.39 is 30.3 Å². The van der Waals surface area contributed by atoms with Gasteiger partial charge in [-0.1, -0.05) is 48.5 Å². The molecule has 0 aromatic heterocycles.